The van der Waals surface area contributed by atoms with Crippen LogP contribution in [0.3, 0.4) is 0 Å². The van der Waals surface area contributed by atoms with E-state index in [9.17, 15) is 19.8 Å². The van der Waals surface area contributed by atoms with E-state index in [1.54, 1.807) is 6.08 Å². The average Bonchev–Trinajstić information content (AvgIpc) is 3.41. The third-order valence-electron chi connectivity index (χ3n) is 16.0. The smallest absolute Gasteiger partial charge is 0.305 e. The SMILES string of the molecule is CCCCCCCCCCCCCCC/C=C/C(O)C(CO)NC(=O)CCCCCCCCCCCC/C=C\CCCCCCCCCCCCCCOC(=O)CCCCCCCCCCCCCCCCCCC. The van der Waals surface area contributed by atoms with Crippen LogP contribution in [0.4, 0.5) is 0 Å². The van der Waals surface area contributed by atoms with Crippen LogP contribution in [0.2, 0.25) is 0 Å². The standard InChI is InChI=1S/C69H133NO5/c1-3-5-7-9-11-13-15-17-19-30-35-39-43-47-51-55-59-63-69(74)75-64-60-56-52-48-44-40-36-32-29-27-25-23-21-20-22-24-26-28-31-34-38-42-46-50-54-58-62-68(73)70-66(65-71)67(72)61-57-53-49-45-41-37-33-18-16-14-12-10-8-6-4-2/h20,22,57,61,66-67,71-72H,3-19,21,23-56,58-60,62-65H2,1-2H3,(H,70,73)/b22-20-,61-57+. The summed E-state index contributed by atoms with van der Waals surface area (Å²) in [7, 11) is 0. The van der Waals surface area contributed by atoms with E-state index in [0.29, 0.717) is 19.4 Å². The number of carbonyl (C=O) groups excluding carboxylic acids is 2. The summed E-state index contributed by atoms with van der Waals surface area (Å²) in [6, 6.07) is -0.629. The summed E-state index contributed by atoms with van der Waals surface area (Å²) in [5, 5.41) is 23.1. The summed E-state index contributed by atoms with van der Waals surface area (Å²) in [5.74, 6) is -0.0492. The molecule has 0 aliphatic heterocycles. The van der Waals surface area contributed by atoms with Crippen molar-refractivity contribution >= 4 is 11.9 Å². The maximum Gasteiger partial charge on any atom is 0.305 e. The summed E-state index contributed by atoms with van der Waals surface area (Å²) >= 11 is 0. The molecule has 0 aliphatic rings. The predicted octanol–water partition coefficient (Wildman–Crippen LogP) is 21.8. The first-order chi connectivity index (χ1) is 37.0. The number of rotatable bonds is 64. The highest BCUT2D eigenvalue weighted by Crippen LogP contribution is 2.18. The van der Waals surface area contributed by atoms with E-state index >= 15 is 0 Å². The summed E-state index contributed by atoms with van der Waals surface area (Å²) < 4.78 is 5.50. The maximum atomic E-state index is 12.5. The highest BCUT2D eigenvalue weighted by Gasteiger charge is 2.18. The molecule has 0 saturated heterocycles. The van der Waals surface area contributed by atoms with Crippen molar-refractivity contribution in [2.45, 2.75) is 392 Å². The number of unbranched alkanes of at least 4 members (excludes halogenated alkanes) is 51. The molecule has 0 radical (unpaired) electrons. The van der Waals surface area contributed by atoms with Crippen molar-refractivity contribution in [2.24, 2.45) is 0 Å². The Hall–Kier alpha value is -1.66. The van der Waals surface area contributed by atoms with Gasteiger partial charge in [0.1, 0.15) is 0 Å². The number of carbonyl (C=O) groups is 2. The first kappa shape index (κ1) is 73.3. The molecular formula is C69H133NO5. The number of hydrogen-bond acceptors (Lipinski definition) is 5. The highest BCUT2D eigenvalue weighted by atomic mass is 16.5. The number of aliphatic hydroxyl groups is 2. The molecule has 0 spiro atoms. The van der Waals surface area contributed by atoms with Gasteiger partial charge < -0.3 is 20.3 Å². The topological polar surface area (TPSA) is 95.9 Å². The van der Waals surface area contributed by atoms with Crippen molar-refractivity contribution < 1.29 is 24.5 Å². The van der Waals surface area contributed by atoms with Crippen molar-refractivity contribution in [1.29, 1.82) is 0 Å². The molecule has 0 aromatic carbocycles. The van der Waals surface area contributed by atoms with Crippen LogP contribution in [0.5, 0.6) is 0 Å². The number of ether oxygens (including phenoxy) is 1. The van der Waals surface area contributed by atoms with Crippen molar-refractivity contribution in [3.8, 4) is 0 Å². The van der Waals surface area contributed by atoms with Gasteiger partial charge in [0.15, 0.2) is 0 Å². The van der Waals surface area contributed by atoms with Gasteiger partial charge in [-0.1, -0.05) is 334 Å². The lowest BCUT2D eigenvalue weighted by Gasteiger charge is -2.20. The first-order valence-electron chi connectivity index (χ1n) is 34.1. The summed E-state index contributed by atoms with van der Waals surface area (Å²) in [4.78, 5) is 24.6. The van der Waals surface area contributed by atoms with E-state index in [1.165, 1.54) is 315 Å². The molecule has 6 heteroatoms. The van der Waals surface area contributed by atoms with E-state index in [-0.39, 0.29) is 18.5 Å². The van der Waals surface area contributed by atoms with E-state index < -0.39 is 12.1 Å². The van der Waals surface area contributed by atoms with Crippen LogP contribution in [0.15, 0.2) is 24.3 Å². The largest absolute Gasteiger partial charge is 0.466 e. The van der Waals surface area contributed by atoms with Gasteiger partial charge in [-0.25, -0.2) is 0 Å². The minimum Gasteiger partial charge on any atom is -0.466 e. The minimum atomic E-state index is -0.845. The van der Waals surface area contributed by atoms with Crippen LogP contribution >= 0.6 is 0 Å². The Bertz CT molecular complexity index is 1170. The number of amides is 1. The fourth-order valence-corrected chi connectivity index (χ4v) is 10.7. The molecule has 75 heavy (non-hydrogen) atoms. The molecule has 0 fully saturated rings. The molecule has 0 saturated carbocycles. The van der Waals surface area contributed by atoms with Crippen LogP contribution in [0, 0.1) is 0 Å². The van der Waals surface area contributed by atoms with Crippen LogP contribution in [0.1, 0.15) is 380 Å². The molecule has 0 aromatic heterocycles. The summed E-state index contributed by atoms with van der Waals surface area (Å²) in [5.41, 5.74) is 0. The number of esters is 1. The average molecular weight is 1060 g/mol. The van der Waals surface area contributed by atoms with Crippen molar-refractivity contribution in [3.63, 3.8) is 0 Å². The fourth-order valence-electron chi connectivity index (χ4n) is 10.7. The van der Waals surface area contributed by atoms with Gasteiger partial charge in [0.2, 0.25) is 5.91 Å². The normalized spacial score (nSPS) is 12.6. The van der Waals surface area contributed by atoms with E-state index in [2.05, 4.69) is 31.3 Å². The predicted molar refractivity (Wildman–Crippen MR) is 329 cm³/mol. The van der Waals surface area contributed by atoms with Gasteiger partial charge in [-0.2, -0.15) is 0 Å². The quantitative estimate of drug-likeness (QED) is 0.0320. The molecular weight excluding hydrogens is 923 g/mol. The second-order valence-electron chi connectivity index (χ2n) is 23.5. The Kier molecular flexibility index (Phi) is 63.4. The highest BCUT2D eigenvalue weighted by molar-refractivity contribution is 5.76. The van der Waals surface area contributed by atoms with Crippen molar-refractivity contribution in [1.82, 2.24) is 5.32 Å². The molecule has 0 bridgehead atoms. The monoisotopic (exact) mass is 1060 g/mol. The lowest BCUT2D eigenvalue weighted by atomic mass is 10.0. The van der Waals surface area contributed by atoms with Gasteiger partial charge in [0.25, 0.3) is 0 Å². The van der Waals surface area contributed by atoms with E-state index in [0.717, 1.165) is 38.5 Å². The first-order valence-corrected chi connectivity index (χ1v) is 34.1. The van der Waals surface area contributed by atoms with Gasteiger partial charge >= 0.3 is 5.97 Å². The third kappa shape index (κ3) is 61.4. The zero-order valence-corrected chi connectivity index (χ0v) is 50.8. The summed E-state index contributed by atoms with van der Waals surface area (Å²) in [6.45, 7) is 4.94. The zero-order chi connectivity index (χ0) is 54.3. The Morgan fingerprint density at radius 2 is 0.627 bits per heavy atom. The van der Waals surface area contributed by atoms with Gasteiger partial charge in [0, 0.05) is 12.8 Å². The molecule has 6 nitrogen and oxygen atoms in total. The molecule has 0 heterocycles. The van der Waals surface area contributed by atoms with Crippen LogP contribution in [-0.2, 0) is 14.3 Å². The third-order valence-corrected chi connectivity index (χ3v) is 16.0. The fraction of sp³-hybridized carbons (Fsp3) is 0.913. The number of hydrogen-bond donors (Lipinski definition) is 3. The van der Waals surface area contributed by atoms with Crippen LogP contribution in [-0.4, -0.2) is 47.4 Å². The van der Waals surface area contributed by atoms with Crippen molar-refractivity contribution in [2.75, 3.05) is 13.2 Å². The number of aliphatic hydroxyl groups excluding tert-OH is 2. The molecule has 2 atom stereocenters. The summed E-state index contributed by atoms with van der Waals surface area (Å²) in [6.07, 6.45) is 81.0. The number of allylic oxidation sites excluding steroid dienone is 3. The molecule has 444 valence electrons. The molecule has 0 rings (SSSR count). The maximum absolute atomic E-state index is 12.5. The molecule has 3 N–H and O–H groups in total. The van der Waals surface area contributed by atoms with Gasteiger partial charge in [-0.15, -0.1) is 0 Å². The minimum absolute atomic E-state index is 0.0184. The Morgan fingerprint density at radius 3 is 0.947 bits per heavy atom. The van der Waals surface area contributed by atoms with Gasteiger partial charge in [0.05, 0.1) is 25.4 Å². The molecule has 0 aromatic rings. The second kappa shape index (κ2) is 64.9. The lowest BCUT2D eigenvalue weighted by molar-refractivity contribution is -0.143. The number of nitrogens with one attached hydrogen (secondary N) is 1. The lowest BCUT2D eigenvalue weighted by Crippen LogP contribution is -2.45. The van der Waals surface area contributed by atoms with Crippen molar-refractivity contribution in [3.05, 3.63) is 24.3 Å². The van der Waals surface area contributed by atoms with Gasteiger partial charge in [-0.05, 0) is 57.8 Å². The van der Waals surface area contributed by atoms with Crippen LogP contribution in [0.25, 0.3) is 0 Å². The molecule has 1 amide bonds. The zero-order valence-electron chi connectivity index (χ0n) is 50.8. The Morgan fingerprint density at radius 1 is 0.360 bits per heavy atom. The molecule has 0 aliphatic carbocycles. The van der Waals surface area contributed by atoms with E-state index in [4.69, 9.17) is 4.74 Å². The molecule has 2 unspecified atom stereocenters. The Labute approximate surface area is 469 Å². The van der Waals surface area contributed by atoms with E-state index in [1.807, 2.05) is 6.08 Å². The Balaban J connectivity index is 3.38. The van der Waals surface area contributed by atoms with Gasteiger partial charge in [-0.3, -0.25) is 9.59 Å². The van der Waals surface area contributed by atoms with Crippen LogP contribution < -0.4 is 5.32 Å². The second-order valence-corrected chi connectivity index (χ2v) is 23.5.